The average molecular weight is 250 g/mol. The van der Waals surface area contributed by atoms with E-state index in [1.54, 1.807) is 17.8 Å². The quantitative estimate of drug-likeness (QED) is 0.775. The lowest BCUT2D eigenvalue weighted by atomic mass is 10.3. The Morgan fingerprint density at radius 1 is 1.53 bits per heavy atom. The highest BCUT2D eigenvalue weighted by molar-refractivity contribution is 7.17. The van der Waals surface area contributed by atoms with Gasteiger partial charge in [-0.15, -0.1) is 0 Å². The Hall–Kier alpha value is -1.69. The number of nitrogens with zero attached hydrogens (tertiary/aromatic N) is 4. The van der Waals surface area contributed by atoms with Crippen LogP contribution in [0, 0.1) is 0 Å². The summed E-state index contributed by atoms with van der Waals surface area (Å²) in [4.78, 5) is 18.1. The van der Waals surface area contributed by atoms with E-state index in [9.17, 15) is 4.79 Å². The van der Waals surface area contributed by atoms with Crippen LogP contribution in [0.5, 0.6) is 0 Å². The minimum absolute atomic E-state index is 0.0588. The summed E-state index contributed by atoms with van der Waals surface area (Å²) in [5, 5.41) is 4.96. The van der Waals surface area contributed by atoms with Gasteiger partial charge in [0.15, 0.2) is 10.9 Å². The summed E-state index contributed by atoms with van der Waals surface area (Å²) >= 11 is 1.41. The van der Waals surface area contributed by atoms with Gasteiger partial charge in [-0.05, 0) is 0 Å². The number of aromatic nitrogens is 3. The normalized spacial score (nSPS) is 10.5. The van der Waals surface area contributed by atoms with Crippen molar-refractivity contribution in [3.63, 3.8) is 0 Å². The number of thiazole rings is 1. The molecule has 0 N–H and O–H groups in total. The third-order valence-electron chi connectivity index (χ3n) is 2.35. The van der Waals surface area contributed by atoms with E-state index in [-0.39, 0.29) is 5.78 Å². The number of carbonyl (C=O) groups excluding carboxylic acids is 1. The summed E-state index contributed by atoms with van der Waals surface area (Å²) in [6, 6.07) is 0. The fourth-order valence-corrected chi connectivity index (χ4v) is 2.27. The molecule has 2 aromatic heterocycles. The highest BCUT2D eigenvalue weighted by Gasteiger charge is 2.10. The van der Waals surface area contributed by atoms with E-state index < -0.39 is 0 Å². The molecule has 90 valence electrons. The fraction of sp³-hybridized carbons (Fsp3) is 0.364. The molecule has 2 aromatic rings. The standard InChI is InChI=1S/C11H14N4OS/c1-8(16)10-5-12-11(17-10)14(2)6-9-4-13-15(3)7-9/h4-5,7H,6H2,1-3H3. The maximum absolute atomic E-state index is 11.2. The molecular weight excluding hydrogens is 236 g/mol. The van der Waals surface area contributed by atoms with Crippen LogP contribution in [0.25, 0.3) is 0 Å². The van der Waals surface area contributed by atoms with Crippen molar-refractivity contribution in [2.45, 2.75) is 13.5 Å². The topological polar surface area (TPSA) is 51.0 Å². The smallest absolute Gasteiger partial charge is 0.185 e. The van der Waals surface area contributed by atoms with Gasteiger partial charge in [0.2, 0.25) is 0 Å². The average Bonchev–Trinajstić information content (AvgIpc) is 2.86. The van der Waals surface area contributed by atoms with Crippen LogP contribution in [0.3, 0.4) is 0 Å². The highest BCUT2D eigenvalue weighted by Crippen LogP contribution is 2.22. The minimum atomic E-state index is 0.0588. The number of ketones is 1. The molecule has 0 aliphatic rings. The van der Waals surface area contributed by atoms with Crippen molar-refractivity contribution in [2.24, 2.45) is 7.05 Å². The van der Waals surface area contributed by atoms with E-state index in [1.165, 1.54) is 11.3 Å². The molecule has 0 amide bonds. The first kappa shape index (κ1) is 11.8. The minimum Gasteiger partial charge on any atom is -0.347 e. The number of aryl methyl sites for hydroxylation is 1. The van der Waals surface area contributed by atoms with Gasteiger partial charge in [0.05, 0.1) is 17.3 Å². The van der Waals surface area contributed by atoms with E-state index >= 15 is 0 Å². The van der Waals surface area contributed by atoms with Crippen LogP contribution < -0.4 is 4.90 Å². The molecule has 0 atom stereocenters. The van der Waals surface area contributed by atoms with Crippen molar-refractivity contribution in [2.75, 3.05) is 11.9 Å². The first-order chi connectivity index (χ1) is 8.06. The molecule has 6 heteroatoms. The Labute approximate surface area is 104 Å². The maximum Gasteiger partial charge on any atom is 0.185 e. The van der Waals surface area contributed by atoms with Crippen molar-refractivity contribution < 1.29 is 4.79 Å². The predicted octanol–water partition coefficient (Wildman–Crippen LogP) is 1.72. The van der Waals surface area contributed by atoms with Gasteiger partial charge in [0.1, 0.15) is 0 Å². The zero-order valence-electron chi connectivity index (χ0n) is 10.0. The zero-order valence-corrected chi connectivity index (χ0v) is 10.9. The number of rotatable bonds is 4. The van der Waals surface area contributed by atoms with Crippen molar-refractivity contribution in [1.82, 2.24) is 14.8 Å². The number of hydrogen-bond acceptors (Lipinski definition) is 5. The molecule has 0 fully saturated rings. The summed E-state index contributed by atoms with van der Waals surface area (Å²) in [6.45, 7) is 2.29. The Balaban J connectivity index is 2.08. The molecule has 2 rings (SSSR count). The molecule has 0 unspecified atom stereocenters. The van der Waals surface area contributed by atoms with Gasteiger partial charge in [0.25, 0.3) is 0 Å². The number of hydrogen-bond donors (Lipinski definition) is 0. The second-order valence-corrected chi connectivity index (χ2v) is 4.95. The molecule has 0 aliphatic carbocycles. The van der Waals surface area contributed by atoms with Crippen molar-refractivity contribution in [3.05, 3.63) is 29.0 Å². The van der Waals surface area contributed by atoms with Gasteiger partial charge in [-0.3, -0.25) is 9.48 Å². The summed E-state index contributed by atoms with van der Waals surface area (Å²) < 4.78 is 1.77. The largest absolute Gasteiger partial charge is 0.347 e. The lowest BCUT2D eigenvalue weighted by Crippen LogP contribution is -2.15. The molecule has 0 saturated carbocycles. The van der Waals surface area contributed by atoms with Gasteiger partial charge in [-0.25, -0.2) is 4.98 Å². The van der Waals surface area contributed by atoms with Gasteiger partial charge in [-0.2, -0.15) is 5.10 Å². The predicted molar refractivity (Wildman–Crippen MR) is 67.4 cm³/mol. The number of Topliss-reactive ketones (excluding diaryl/α,β-unsaturated/α-hetero) is 1. The molecule has 0 spiro atoms. The molecule has 0 aromatic carbocycles. The molecule has 17 heavy (non-hydrogen) atoms. The summed E-state index contributed by atoms with van der Waals surface area (Å²) in [5.74, 6) is 0.0588. The monoisotopic (exact) mass is 250 g/mol. The number of anilines is 1. The summed E-state index contributed by atoms with van der Waals surface area (Å²) in [7, 11) is 3.84. The molecule has 0 saturated heterocycles. The van der Waals surface area contributed by atoms with Crippen molar-refractivity contribution in [3.8, 4) is 0 Å². The second-order valence-electron chi connectivity index (χ2n) is 3.94. The number of carbonyl (C=O) groups is 1. The van der Waals surface area contributed by atoms with E-state index in [1.807, 2.05) is 31.4 Å². The molecule has 2 heterocycles. The van der Waals surface area contributed by atoms with Crippen LogP contribution in [0.1, 0.15) is 22.2 Å². The first-order valence-electron chi connectivity index (χ1n) is 5.21. The van der Waals surface area contributed by atoms with E-state index in [4.69, 9.17) is 0 Å². The Kier molecular flexibility index (Phi) is 3.23. The van der Waals surface area contributed by atoms with Crippen LogP contribution in [0.2, 0.25) is 0 Å². The van der Waals surface area contributed by atoms with Gasteiger partial charge >= 0.3 is 0 Å². The third kappa shape index (κ3) is 2.71. The second kappa shape index (κ2) is 4.67. The fourth-order valence-electron chi connectivity index (χ4n) is 1.50. The van der Waals surface area contributed by atoms with Crippen LogP contribution in [0.4, 0.5) is 5.13 Å². The lowest BCUT2D eigenvalue weighted by molar-refractivity contribution is 0.102. The Morgan fingerprint density at radius 3 is 2.82 bits per heavy atom. The Bertz CT molecular complexity index is 531. The molecule has 5 nitrogen and oxygen atoms in total. The molecule has 0 aliphatic heterocycles. The van der Waals surface area contributed by atoms with E-state index in [0.717, 1.165) is 17.2 Å². The molecule has 0 bridgehead atoms. The van der Waals surface area contributed by atoms with Crippen LogP contribution in [-0.4, -0.2) is 27.6 Å². The van der Waals surface area contributed by atoms with Crippen LogP contribution in [-0.2, 0) is 13.6 Å². The SMILES string of the molecule is CC(=O)c1cnc(N(C)Cc2cnn(C)c2)s1. The van der Waals surface area contributed by atoms with Crippen LogP contribution >= 0.6 is 11.3 Å². The summed E-state index contributed by atoms with van der Waals surface area (Å²) in [6.07, 6.45) is 5.42. The lowest BCUT2D eigenvalue weighted by Gasteiger charge is -2.13. The van der Waals surface area contributed by atoms with E-state index in [0.29, 0.717) is 4.88 Å². The summed E-state index contributed by atoms with van der Waals surface area (Å²) in [5.41, 5.74) is 1.12. The third-order valence-corrected chi connectivity index (χ3v) is 3.56. The van der Waals surface area contributed by atoms with Gasteiger partial charge in [-0.1, -0.05) is 11.3 Å². The van der Waals surface area contributed by atoms with Gasteiger partial charge in [0, 0.05) is 39.3 Å². The first-order valence-corrected chi connectivity index (χ1v) is 6.03. The molecular formula is C11H14N4OS. The van der Waals surface area contributed by atoms with Gasteiger partial charge < -0.3 is 4.90 Å². The van der Waals surface area contributed by atoms with Crippen LogP contribution in [0.15, 0.2) is 18.6 Å². The van der Waals surface area contributed by atoms with Crippen molar-refractivity contribution >= 4 is 22.3 Å². The Morgan fingerprint density at radius 2 is 2.29 bits per heavy atom. The highest BCUT2D eigenvalue weighted by atomic mass is 32.1. The zero-order chi connectivity index (χ0) is 12.4. The molecule has 0 radical (unpaired) electrons. The van der Waals surface area contributed by atoms with E-state index in [2.05, 4.69) is 10.1 Å². The van der Waals surface area contributed by atoms with Crippen molar-refractivity contribution in [1.29, 1.82) is 0 Å². The maximum atomic E-state index is 11.2.